The van der Waals surface area contributed by atoms with E-state index in [0.717, 1.165) is 37.2 Å². The van der Waals surface area contributed by atoms with E-state index in [1.165, 1.54) is 10.4 Å². The van der Waals surface area contributed by atoms with Gasteiger partial charge in [0.15, 0.2) is 0 Å². The predicted octanol–water partition coefficient (Wildman–Crippen LogP) is 4.45. The number of hydrogen-bond acceptors (Lipinski definition) is 5. The summed E-state index contributed by atoms with van der Waals surface area (Å²) in [5.41, 5.74) is 3.15. The summed E-state index contributed by atoms with van der Waals surface area (Å²) in [7, 11) is -3.82. The highest BCUT2D eigenvalue weighted by Crippen LogP contribution is 2.31. The van der Waals surface area contributed by atoms with Crippen LogP contribution in [0.25, 0.3) is 0 Å². The highest BCUT2D eigenvalue weighted by Gasteiger charge is 2.28. The number of rotatable bonds is 9. The maximum Gasteiger partial charge on any atom is 0.264 e. The molecule has 6 nitrogen and oxygen atoms in total. The molecule has 1 heterocycles. The molecule has 2 aromatic rings. The van der Waals surface area contributed by atoms with E-state index in [9.17, 15) is 13.5 Å². The molecule has 0 bridgehead atoms. The van der Waals surface area contributed by atoms with Crippen LogP contribution in [0, 0.1) is 25.7 Å². The minimum absolute atomic E-state index is 0.143. The first-order chi connectivity index (χ1) is 15.2. The molecule has 3 rings (SSSR count). The van der Waals surface area contributed by atoms with Crippen LogP contribution in [0.3, 0.4) is 0 Å². The van der Waals surface area contributed by atoms with Crippen molar-refractivity contribution in [1.29, 1.82) is 0 Å². The van der Waals surface area contributed by atoms with Crippen LogP contribution in [0.2, 0.25) is 0 Å². The highest BCUT2D eigenvalue weighted by molar-refractivity contribution is 7.92. The van der Waals surface area contributed by atoms with Gasteiger partial charge >= 0.3 is 0 Å². The van der Waals surface area contributed by atoms with Crippen molar-refractivity contribution in [2.75, 3.05) is 30.7 Å². The van der Waals surface area contributed by atoms with Gasteiger partial charge < -0.3 is 14.6 Å². The van der Waals surface area contributed by atoms with Gasteiger partial charge in [-0.1, -0.05) is 31.5 Å². The van der Waals surface area contributed by atoms with Gasteiger partial charge in [-0.05, 0) is 68.4 Å². The van der Waals surface area contributed by atoms with Crippen LogP contribution in [0.4, 0.5) is 5.69 Å². The average Bonchev–Trinajstić information content (AvgIpc) is 2.77. The quantitative estimate of drug-likeness (QED) is 0.597. The lowest BCUT2D eigenvalue weighted by Crippen LogP contribution is -2.35. The van der Waals surface area contributed by atoms with E-state index in [2.05, 4.69) is 0 Å². The Morgan fingerprint density at radius 3 is 2.47 bits per heavy atom. The number of benzene rings is 2. The molecule has 1 aliphatic rings. The third-order valence-corrected chi connectivity index (χ3v) is 7.53. The first kappa shape index (κ1) is 24.6. The van der Waals surface area contributed by atoms with E-state index in [4.69, 9.17) is 9.47 Å². The van der Waals surface area contributed by atoms with Crippen LogP contribution in [-0.2, 0) is 21.4 Å². The maximum atomic E-state index is 13.7. The van der Waals surface area contributed by atoms with Gasteiger partial charge in [0.1, 0.15) is 5.75 Å². The summed E-state index contributed by atoms with van der Waals surface area (Å²) in [5, 5.41) is 9.91. The molecular weight excluding hydrogens is 426 g/mol. The summed E-state index contributed by atoms with van der Waals surface area (Å²) in [6, 6.07) is 10.6. The first-order valence-electron chi connectivity index (χ1n) is 11.3. The van der Waals surface area contributed by atoms with Crippen molar-refractivity contribution in [3.63, 3.8) is 0 Å². The summed E-state index contributed by atoms with van der Waals surface area (Å²) < 4.78 is 40.2. The van der Waals surface area contributed by atoms with Crippen molar-refractivity contribution < 1.29 is 23.0 Å². The molecule has 0 saturated carbocycles. The molecule has 1 N–H and O–H groups in total. The van der Waals surface area contributed by atoms with Crippen molar-refractivity contribution in [1.82, 2.24) is 0 Å². The Kier molecular flexibility index (Phi) is 8.20. The highest BCUT2D eigenvalue weighted by atomic mass is 32.2. The number of ether oxygens (including phenoxy) is 2. The van der Waals surface area contributed by atoms with Crippen LogP contribution < -0.4 is 9.04 Å². The van der Waals surface area contributed by atoms with Crippen LogP contribution in [-0.4, -0.2) is 39.9 Å². The van der Waals surface area contributed by atoms with Crippen LogP contribution >= 0.6 is 0 Å². The Balaban J connectivity index is 1.90. The van der Waals surface area contributed by atoms with Gasteiger partial charge in [0.2, 0.25) is 0 Å². The summed E-state index contributed by atoms with van der Waals surface area (Å²) in [4.78, 5) is 0.153. The lowest BCUT2D eigenvalue weighted by atomic mass is 10.0. The molecule has 1 fully saturated rings. The second-order valence-electron chi connectivity index (χ2n) is 9.01. The molecule has 1 saturated heterocycles. The normalized spacial score (nSPS) is 15.2. The van der Waals surface area contributed by atoms with E-state index in [1.807, 2.05) is 45.9 Å². The average molecular weight is 462 g/mol. The zero-order valence-corrected chi connectivity index (χ0v) is 20.3. The van der Waals surface area contributed by atoms with E-state index in [-0.39, 0.29) is 17.4 Å². The molecule has 32 heavy (non-hydrogen) atoms. The molecule has 0 aliphatic carbocycles. The summed E-state index contributed by atoms with van der Waals surface area (Å²) in [5.74, 6) is 1.08. The third-order valence-electron chi connectivity index (χ3n) is 5.76. The van der Waals surface area contributed by atoms with Gasteiger partial charge in [-0.25, -0.2) is 8.42 Å². The molecule has 0 spiro atoms. The number of anilines is 1. The van der Waals surface area contributed by atoms with Crippen LogP contribution in [0.5, 0.6) is 5.75 Å². The van der Waals surface area contributed by atoms with Gasteiger partial charge in [0.05, 0.1) is 23.8 Å². The summed E-state index contributed by atoms with van der Waals surface area (Å²) in [6.07, 6.45) is 1.89. The molecule has 176 valence electrons. The molecule has 2 aromatic carbocycles. The Hall–Kier alpha value is -2.09. The fourth-order valence-corrected chi connectivity index (χ4v) is 5.72. The monoisotopic (exact) mass is 461 g/mol. The zero-order valence-electron chi connectivity index (χ0n) is 19.5. The largest absolute Gasteiger partial charge is 0.493 e. The van der Waals surface area contributed by atoms with E-state index in [1.54, 1.807) is 12.1 Å². The van der Waals surface area contributed by atoms with E-state index >= 15 is 0 Å². The molecule has 0 atom stereocenters. The van der Waals surface area contributed by atoms with Crippen molar-refractivity contribution in [2.45, 2.75) is 52.0 Å². The van der Waals surface area contributed by atoms with Crippen molar-refractivity contribution >= 4 is 15.7 Å². The van der Waals surface area contributed by atoms with Gasteiger partial charge in [-0.15, -0.1) is 0 Å². The Morgan fingerprint density at radius 1 is 1.12 bits per heavy atom. The minimum Gasteiger partial charge on any atom is -0.493 e. The standard InChI is InChI=1S/C25H35NO5S/c1-18(2)15-26(24-7-5-19(3)13-20(24)4)32(28,29)23-6-8-25(22(14-23)16-27)31-17-21-9-11-30-12-10-21/h5-8,13-14,18,21,27H,9-12,15-17H2,1-4H3. The number of aliphatic hydroxyl groups is 1. The number of hydrogen-bond donors (Lipinski definition) is 1. The van der Waals surface area contributed by atoms with E-state index in [0.29, 0.717) is 36.1 Å². The summed E-state index contributed by atoms with van der Waals surface area (Å²) in [6.45, 7) is 10.00. The Bertz CT molecular complexity index is 1010. The molecular formula is C25H35NO5S. The molecule has 1 aliphatic heterocycles. The maximum absolute atomic E-state index is 13.7. The smallest absolute Gasteiger partial charge is 0.264 e. The van der Waals surface area contributed by atoms with Crippen molar-refractivity contribution in [2.24, 2.45) is 11.8 Å². The number of sulfonamides is 1. The molecule has 7 heteroatoms. The summed E-state index contributed by atoms with van der Waals surface area (Å²) >= 11 is 0. The number of aryl methyl sites for hydroxylation is 2. The lowest BCUT2D eigenvalue weighted by molar-refractivity contribution is 0.0494. The fourth-order valence-electron chi connectivity index (χ4n) is 3.97. The van der Waals surface area contributed by atoms with Gasteiger partial charge in [0.25, 0.3) is 10.0 Å². The molecule has 0 unspecified atom stereocenters. The molecule has 0 amide bonds. The second kappa shape index (κ2) is 10.7. The van der Waals surface area contributed by atoms with Gasteiger partial charge in [-0.2, -0.15) is 0 Å². The Morgan fingerprint density at radius 2 is 1.84 bits per heavy atom. The second-order valence-corrected chi connectivity index (χ2v) is 10.9. The van der Waals surface area contributed by atoms with Crippen LogP contribution in [0.15, 0.2) is 41.3 Å². The Labute approximate surface area is 192 Å². The lowest BCUT2D eigenvalue weighted by Gasteiger charge is -2.28. The van der Waals surface area contributed by atoms with E-state index < -0.39 is 10.0 Å². The van der Waals surface area contributed by atoms with Gasteiger partial charge in [0, 0.05) is 25.3 Å². The fraction of sp³-hybridized carbons (Fsp3) is 0.520. The van der Waals surface area contributed by atoms with Crippen molar-refractivity contribution in [3.05, 3.63) is 53.1 Å². The third kappa shape index (κ3) is 5.82. The topological polar surface area (TPSA) is 76.1 Å². The number of aliphatic hydroxyl groups excluding tert-OH is 1. The first-order valence-corrected chi connectivity index (χ1v) is 12.7. The predicted molar refractivity (Wildman–Crippen MR) is 127 cm³/mol. The van der Waals surface area contributed by atoms with Crippen molar-refractivity contribution in [3.8, 4) is 5.75 Å². The number of nitrogens with zero attached hydrogens (tertiary/aromatic N) is 1. The minimum atomic E-state index is -3.82. The SMILES string of the molecule is Cc1ccc(N(CC(C)C)S(=O)(=O)c2ccc(OCC3CCOCC3)c(CO)c2)c(C)c1. The molecule has 0 aromatic heterocycles. The van der Waals surface area contributed by atoms with Gasteiger partial charge in [-0.3, -0.25) is 4.31 Å². The zero-order chi connectivity index (χ0) is 23.3. The van der Waals surface area contributed by atoms with Crippen LogP contribution in [0.1, 0.15) is 43.4 Å². The molecule has 0 radical (unpaired) electrons.